The van der Waals surface area contributed by atoms with E-state index >= 15 is 0 Å². The number of aromatic nitrogens is 2. The zero-order chi connectivity index (χ0) is 31.6. The van der Waals surface area contributed by atoms with Crippen LogP contribution >= 0.6 is 11.3 Å². The van der Waals surface area contributed by atoms with Crippen LogP contribution in [0.15, 0.2) is 122 Å². The van der Waals surface area contributed by atoms with Crippen molar-refractivity contribution in [1.82, 2.24) is 9.97 Å². The van der Waals surface area contributed by atoms with Gasteiger partial charge in [-0.15, -0.1) is 23.8 Å². The van der Waals surface area contributed by atoms with Crippen molar-refractivity contribution in [2.45, 2.75) is 43.5 Å². The second-order valence-electron chi connectivity index (χ2n) is 13.4. The summed E-state index contributed by atoms with van der Waals surface area (Å²) in [6.45, 7) is 6.71. The van der Waals surface area contributed by atoms with Gasteiger partial charge in [0.2, 0.25) is 0 Å². The number of hydrogen-bond acceptors (Lipinski definition) is 3. The summed E-state index contributed by atoms with van der Waals surface area (Å²) < 4.78 is 4.02. The third-order valence-electron chi connectivity index (χ3n) is 8.04. The van der Waals surface area contributed by atoms with Gasteiger partial charge in [0.05, 0.1) is 0 Å². The van der Waals surface area contributed by atoms with Gasteiger partial charge in [0.15, 0.2) is 0 Å². The first-order valence-corrected chi connectivity index (χ1v) is 23.6. The van der Waals surface area contributed by atoms with Gasteiger partial charge >= 0.3 is 99.8 Å². The molecule has 0 bridgehead atoms. The second kappa shape index (κ2) is 14.2. The van der Waals surface area contributed by atoms with E-state index in [2.05, 4.69) is 134 Å². The van der Waals surface area contributed by atoms with E-state index in [0.717, 1.165) is 22.5 Å². The van der Waals surface area contributed by atoms with Gasteiger partial charge in [0, 0.05) is 31.0 Å². The average molecular weight is 856 g/mol. The minimum atomic E-state index is -1.72. The Bertz CT molecular complexity index is 2060. The molecule has 0 N–H and O–H groups in total. The predicted molar refractivity (Wildman–Crippen MR) is 197 cm³/mol. The van der Waals surface area contributed by atoms with E-state index < -0.39 is 13.3 Å². The van der Waals surface area contributed by atoms with Gasteiger partial charge in [-0.3, -0.25) is 0 Å². The third kappa shape index (κ3) is 7.42. The van der Waals surface area contributed by atoms with Gasteiger partial charge < -0.3 is 4.98 Å². The first-order chi connectivity index (χ1) is 21.6. The summed E-state index contributed by atoms with van der Waals surface area (Å²) in [6, 6.07) is 44.7. The van der Waals surface area contributed by atoms with Crippen molar-refractivity contribution in [2.75, 3.05) is 0 Å². The van der Waals surface area contributed by atoms with Gasteiger partial charge in [-0.05, 0) is 44.0 Å². The number of benzene rings is 4. The molecular weight excluding hydrogens is 817 g/mol. The minimum absolute atomic E-state index is 0. The molecule has 0 saturated heterocycles. The molecule has 0 amide bonds. The monoisotopic (exact) mass is 857 g/mol. The summed E-state index contributed by atoms with van der Waals surface area (Å²) in [5.74, 6) is 7.14. The Labute approximate surface area is 293 Å². The van der Waals surface area contributed by atoms with Gasteiger partial charge in [-0.2, -0.15) is 11.3 Å². The zero-order valence-corrected chi connectivity index (χ0v) is 32.5. The van der Waals surface area contributed by atoms with Crippen molar-refractivity contribution in [3.8, 4) is 33.6 Å². The molecule has 7 aromatic rings. The van der Waals surface area contributed by atoms with Crippen LogP contribution < -0.4 is 4.40 Å². The van der Waals surface area contributed by atoms with Gasteiger partial charge in [-0.1, -0.05) is 80.8 Å². The van der Waals surface area contributed by atoms with Crippen LogP contribution in [-0.4, -0.2) is 23.2 Å². The van der Waals surface area contributed by atoms with Crippen molar-refractivity contribution in [3.05, 3.63) is 139 Å². The first kappa shape index (κ1) is 33.9. The molecule has 0 unspecified atom stereocenters. The Kier molecular flexibility index (Phi) is 10.4. The van der Waals surface area contributed by atoms with E-state index in [1.807, 2.05) is 54.1 Å². The molecule has 233 valence electrons. The molecule has 1 radical (unpaired) electrons. The average Bonchev–Trinajstić information content (AvgIpc) is 3.44. The maximum Gasteiger partial charge on any atom is 0 e. The van der Waals surface area contributed by atoms with Gasteiger partial charge in [0.25, 0.3) is 0 Å². The molecule has 4 aromatic carbocycles. The van der Waals surface area contributed by atoms with Gasteiger partial charge in [-0.25, -0.2) is 0 Å². The largest absolute Gasteiger partial charge is 0 e. The Hall–Kier alpha value is -3.41. The quantitative estimate of drug-likeness (QED) is 0.130. The summed E-state index contributed by atoms with van der Waals surface area (Å²) in [5, 5.41) is 2.58. The van der Waals surface area contributed by atoms with E-state index in [0.29, 0.717) is 0 Å². The van der Waals surface area contributed by atoms with E-state index in [1.165, 1.54) is 41.3 Å². The van der Waals surface area contributed by atoms with Crippen LogP contribution in [0.3, 0.4) is 0 Å². The Morgan fingerprint density at radius 3 is 2.11 bits per heavy atom. The molecule has 7 rings (SSSR count). The van der Waals surface area contributed by atoms with Crippen LogP contribution in [0.2, 0.25) is 17.3 Å². The first-order valence-electron chi connectivity index (χ1n) is 15.4. The fourth-order valence-electron chi connectivity index (χ4n) is 5.38. The standard InChI is InChI=1S/C27H22NS.C14H16GeN.Ir/c1-27(2,3)19-15-16-28-24(17-19)23-14-8-13-22-21-12-7-11-20(25(21)29-26(22)23)18-9-5-4-6-10-18;1-15(2,3)13-9-10-14(16-11-13)12-7-5-4-6-8-12;/h4-13,15-17H,1-3H3;4-7,9-11H,1-3H3;/q2*-1;. The van der Waals surface area contributed by atoms with Crippen LogP contribution in [0.25, 0.3) is 53.8 Å². The van der Waals surface area contributed by atoms with Crippen molar-refractivity contribution in [1.29, 1.82) is 0 Å². The molecule has 46 heavy (non-hydrogen) atoms. The number of rotatable bonds is 4. The van der Waals surface area contributed by atoms with E-state index in [1.54, 1.807) is 0 Å². The van der Waals surface area contributed by atoms with Crippen LogP contribution in [0, 0.1) is 12.1 Å². The van der Waals surface area contributed by atoms with Crippen LogP contribution in [0.5, 0.6) is 0 Å². The predicted octanol–water partition coefficient (Wildman–Crippen LogP) is 11.0. The Morgan fingerprint density at radius 1 is 0.674 bits per heavy atom. The second-order valence-corrected chi connectivity index (χ2v) is 25.1. The van der Waals surface area contributed by atoms with E-state index in [4.69, 9.17) is 4.98 Å². The maximum absolute atomic E-state index is 4.70. The summed E-state index contributed by atoms with van der Waals surface area (Å²) in [5.41, 5.74) is 8.08. The van der Waals surface area contributed by atoms with Crippen molar-refractivity contribution in [3.63, 3.8) is 0 Å². The molecule has 0 aliphatic rings. The van der Waals surface area contributed by atoms with E-state index in [9.17, 15) is 0 Å². The van der Waals surface area contributed by atoms with E-state index in [-0.39, 0.29) is 25.5 Å². The third-order valence-corrected chi connectivity index (χ3v) is 13.6. The molecule has 0 fully saturated rings. The molecule has 2 nitrogen and oxygen atoms in total. The molecule has 0 aliphatic heterocycles. The molecular formula is C41H38GeIrN2S-2. The number of thiophene rings is 1. The molecule has 3 aromatic heterocycles. The Morgan fingerprint density at radius 2 is 1.43 bits per heavy atom. The maximum atomic E-state index is 4.70. The number of fused-ring (bicyclic) bond motifs is 3. The van der Waals surface area contributed by atoms with Crippen molar-refractivity contribution in [2.24, 2.45) is 0 Å². The fourth-order valence-corrected chi connectivity index (χ4v) is 8.90. The summed E-state index contributed by atoms with van der Waals surface area (Å²) in [4.78, 5) is 9.23. The van der Waals surface area contributed by atoms with Crippen LogP contribution in [-0.2, 0) is 25.5 Å². The van der Waals surface area contributed by atoms with Crippen molar-refractivity contribution < 1.29 is 20.1 Å². The number of nitrogens with zero attached hydrogens (tertiary/aromatic N) is 2. The molecule has 3 heterocycles. The SMILES string of the molecule is CC(C)(C)c1ccnc(-c2[c-]ccc3c2sc2c(-c4ccccc4)cccc23)c1.[CH3][Ge]([CH3])([CH3])[c]1ccc(-c2[c-]cccc2)nc1.[Ir]. The molecule has 0 spiro atoms. The zero-order valence-electron chi connectivity index (χ0n) is 27.2. The van der Waals surface area contributed by atoms with Gasteiger partial charge in [0.1, 0.15) is 0 Å². The minimum Gasteiger partial charge on any atom is 0 e. The molecule has 0 atom stereocenters. The van der Waals surface area contributed by atoms with Crippen LogP contribution in [0.1, 0.15) is 26.3 Å². The number of hydrogen-bond donors (Lipinski definition) is 0. The summed E-state index contributed by atoms with van der Waals surface area (Å²) in [6.07, 6.45) is 3.96. The normalized spacial score (nSPS) is 11.5. The summed E-state index contributed by atoms with van der Waals surface area (Å²) in [7, 11) is 0. The topological polar surface area (TPSA) is 25.8 Å². The smallest absolute Gasteiger partial charge is 0 e. The van der Waals surface area contributed by atoms with Crippen LogP contribution in [0.4, 0.5) is 0 Å². The summed E-state index contributed by atoms with van der Waals surface area (Å²) >= 11 is 0.131. The number of pyridine rings is 2. The van der Waals surface area contributed by atoms with Crippen molar-refractivity contribution >= 4 is 49.2 Å². The Balaban J connectivity index is 0.000000209. The fraction of sp³-hybridized carbons (Fsp3) is 0.171. The molecule has 0 aliphatic carbocycles. The molecule has 5 heteroatoms. The molecule has 0 saturated carbocycles.